The standard InChI is InChI=1S/C33H29F3N4O4S/c1-2-3-17-30-37-40(29-16-10-9-15-28(29)33(34,35)36)32(42)39(30)22-23-18-20-24(21-19-23)26-13-7-8-14-27(26)31(41)38-45(43,44)25-11-5-4-6-12-25/h4-16,18-21H,2-3,17,22H2,1H3,(H,38,41). The van der Waals surface area contributed by atoms with Crippen LogP contribution in [0.1, 0.15) is 47.1 Å². The topological polar surface area (TPSA) is 103 Å². The van der Waals surface area contributed by atoms with Gasteiger partial charge in [0.2, 0.25) is 0 Å². The van der Waals surface area contributed by atoms with Gasteiger partial charge < -0.3 is 0 Å². The predicted octanol–water partition coefficient (Wildman–Crippen LogP) is 6.23. The Balaban J connectivity index is 1.44. The minimum atomic E-state index is -4.67. The molecule has 12 heteroatoms. The second-order valence-electron chi connectivity index (χ2n) is 10.3. The monoisotopic (exact) mass is 634 g/mol. The van der Waals surface area contributed by atoms with Gasteiger partial charge in [0.15, 0.2) is 0 Å². The number of rotatable bonds is 10. The van der Waals surface area contributed by atoms with Crippen molar-refractivity contribution in [2.75, 3.05) is 0 Å². The quantitative estimate of drug-likeness (QED) is 0.196. The van der Waals surface area contributed by atoms with Gasteiger partial charge >= 0.3 is 11.9 Å². The molecule has 0 saturated heterocycles. The molecule has 45 heavy (non-hydrogen) atoms. The van der Waals surface area contributed by atoms with E-state index in [4.69, 9.17) is 0 Å². The molecule has 5 aromatic rings. The maximum Gasteiger partial charge on any atom is 0.418 e. The van der Waals surface area contributed by atoms with Crippen LogP contribution >= 0.6 is 0 Å². The van der Waals surface area contributed by atoms with Gasteiger partial charge in [0, 0.05) is 12.0 Å². The highest BCUT2D eigenvalue weighted by Gasteiger charge is 2.35. The molecule has 1 aromatic heterocycles. The van der Waals surface area contributed by atoms with E-state index in [1.165, 1.54) is 41.0 Å². The zero-order valence-electron chi connectivity index (χ0n) is 24.2. The summed E-state index contributed by atoms with van der Waals surface area (Å²) in [7, 11) is -4.09. The Bertz CT molecular complexity index is 1990. The van der Waals surface area contributed by atoms with Crippen molar-refractivity contribution in [2.24, 2.45) is 0 Å². The molecule has 4 aromatic carbocycles. The molecule has 0 unspecified atom stereocenters. The summed E-state index contributed by atoms with van der Waals surface area (Å²) < 4.78 is 71.0. The van der Waals surface area contributed by atoms with Gasteiger partial charge in [0.25, 0.3) is 15.9 Å². The Morgan fingerprint density at radius 1 is 0.867 bits per heavy atom. The number of unbranched alkanes of at least 4 members (excludes halogenated alkanes) is 1. The second-order valence-corrected chi connectivity index (χ2v) is 12.0. The number of halogens is 3. The molecule has 0 saturated carbocycles. The highest BCUT2D eigenvalue weighted by Crippen LogP contribution is 2.33. The number of hydrogen-bond donors (Lipinski definition) is 1. The fourth-order valence-corrected chi connectivity index (χ4v) is 5.90. The molecule has 1 amide bonds. The molecule has 0 spiro atoms. The fourth-order valence-electron chi connectivity index (χ4n) is 4.91. The van der Waals surface area contributed by atoms with Crippen molar-refractivity contribution < 1.29 is 26.4 Å². The lowest BCUT2D eigenvalue weighted by molar-refractivity contribution is -0.137. The first-order chi connectivity index (χ1) is 21.5. The van der Waals surface area contributed by atoms with Crippen LogP contribution in [0.3, 0.4) is 0 Å². The average molecular weight is 635 g/mol. The van der Waals surface area contributed by atoms with E-state index in [0.717, 1.165) is 17.2 Å². The highest BCUT2D eigenvalue weighted by molar-refractivity contribution is 7.90. The van der Waals surface area contributed by atoms with Gasteiger partial charge in [-0.05, 0) is 53.4 Å². The normalized spacial score (nSPS) is 11.8. The van der Waals surface area contributed by atoms with Crippen molar-refractivity contribution in [1.29, 1.82) is 0 Å². The third-order valence-electron chi connectivity index (χ3n) is 7.19. The fraction of sp³-hybridized carbons (Fsp3) is 0.182. The Labute approximate surface area is 257 Å². The number of carbonyl (C=O) groups excluding carboxylic acids is 1. The molecule has 0 fully saturated rings. The van der Waals surface area contributed by atoms with Crippen LogP contribution in [0.2, 0.25) is 0 Å². The molecule has 0 aliphatic rings. The van der Waals surface area contributed by atoms with E-state index in [9.17, 15) is 31.2 Å². The zero-order valence-corrected chi connectivity index (χ0v) is 25.0. The smallest absolute Gasteiger partial charge is 0.274 e. The highest BCUT2D eigenvalue weighted by atomic mass is 32.2. The van der Waals surface area contributed by atoms with E-state index >= 15 is 0 Å². The summed E-state index contributed by atoms with van der Waals surface area (Å²) >= 11 is 0. The van der Waals surface area contributed by atoms with Crippen molar-refractivity contribution in [2.45, 2.75) is 43.8 Å². The van der Waals surface area contributed by atoms with E-state index in [0.29, 0.717) is 35.4 Å². The summed E-state index contributed by atoms with van der Waals surface area (Å²) in [6.07, 6.45) is -2.78. The van der Waals surface area contributed by atoms with Crippen molar-refractivity contribution >= 4 is 15.9 Å². The van der Waals surface area contributed by atoms with Crippen molar-refractivity contribution in [3.05, 3.63) is 136 Å². The van der Waals surface area contributed by atoms with Gasteiger partial charge in [0.1, 0.15) is 5.82 Å². The third-order valence-corrected chi connectivity index (χ3v) is 8.54. The van der Waals surface area contributed by atoms with E-state index in [1.54, 1.807) is 60.7 Å². The van der Waals surface area contributed by atoms with Crippen LogP contribution in [0, 0.1) is 0 Å². The van der Waals surface area contributed by atoms with Gasteiger partial charge in [-0.1, -0.05) is 86.1 Å². The Morgan fingerprint density at radius 2 is 1.51 bits per heavy atom. The number of carbonyl (C=O) groups is 1. The predicted molar refractivity (Wildman–Crippen MR) is 164 cm³/mol. The Hall–Kier alpha value is -4.97. The largest absolute Gasteiger partial charge is 0.418 e. The van der Waals surface area contributed by atoms with E-state index in [-0.39, 0.29) is 22.7 Å². The molecule has 0 bridgehead atoms. The SMILES string of the molecule is CCCCc1nn(-c2ccccc2C(F)(F)F)c(=O)n1Cc1ccc(-c2ccccc2C(=O)NS(=O)(=O)c2ccccc2)cc1. The maximum absolute atomic E-state index is 13.7. The number of benzene rings is 4. The van der Waals surface area contributed by atoms with Gasteiger partial charge in [-0.3, -0.25) is 9.36 Å². The van der Waals surface area contributed by atoms with E-state index < -0.39 is 33.4 Å². The maximum atomic E-state index is 13.7. The van der Waals surface area contributed by atoms with Gasteiger partial charge in [0.05, 0.1) is 22.7 Å². The molecule has 5 rings (SSSR count). The molecule has 0 atom stereocenters. The molecular formula is C33H29F3N4O4S. The van der Waals surface area contributed by atoms with Crippen LogP contribution in [-0.2, 0) is 29.2 Å². The number of nitrogens with one attached hydrogen (secondary N) is 1. The van der Waals surface area contributed by atoms with Gasteiger partial charge in [-0.25, -0.2) is 17.9 Å². The zero-order chi connectivity index (χ0) is 32.2. The number of alkyl halides is 3. The molecule has 1 heterocycles. The van der Waals surface area contributed by atoms with Crippen LogP contribution in [0.25, 0.3) is 16.8 Å². The first kappa shape index (κ1) is 31.5. The number of nitrogens with zero attached hydrogens (tertiary/aromatic N) is 3. The molecule has 232 valence electrons. The van der Waals surface area contributed by atoms with Crippen molar-refractivity contribution in [3.63, 3.8) is 0 Å². The molecule has 1 N–H and O–H groups in total. The Morgan fingerprint density at radius 3 is 2.20 bits per heavy atom. The van der Waals surface area contributed by atoms with Crippen LogP contribution in [0.15, 0.2) is 113 Å². The summed E-state index contributed by atoms with van der Waals surface area (Å²) in [6, 6.07) is 25.9. The van der Waals surface area contributed by atoms with E-state index in [1.807, 2.05) is 6.92 Å². The molecular weight excluding hydrogens is 605 g/mol. The number of amides is 1. The summed E-state index contributed by atoms with van der Waals surface area (Å²) in [6.45, 7) is 2.02. The van der Waals surface area contributed by atoms with Crippen LogP contribution in [-0.4, -0.2) is 28.7 Å². The van der Waals surface area contributed by atoms with Crippen molar-refractivity contribution in [3.8, 4) is 16.8 Å². The first-order valence-corrected chi connectivity index (χ1v) is 15.6. The lowest BCUT2D eigenvalue weighted by Crippen LogP contribution is -2.30. The number of hydrogen-bond acceptors (Lipinski definition) is 5. The number of para-hydroxylation sites is 1. The number of sulfonamides is 1. The lowest BCUT2D eigenvalue weighted by atomic mass is 9.98. The minimum Gasteiger partial charge on any atom is -0.274 e. The lowest BCUT2D eigenvalue weighted by Gasteiger charge is -2.12. The van der Waals surface area contributed by atoms with Crippen LogP contribution < -0.4 is 10.4 Å². The van der Waals surface area contributed by atoms with Gasteiger partial charge in [-0.15, -0.1) is 5.10 Å². The first-order valence-electron chi connectivity index (χ1n) is 14.2. The minimum absolute atomic E-state index is 0.0426. The second kappa shape index (κ2) is 12.9. The van der Waals surface area contributed by atoms with E-state index in [2.05, 4.69) is 9.82 Å². The third kappa shape index (κ3) is 6.91. The molecule has 0 aliphatic carbocycles. The van der Waals surface area contributed by atoms with Crippen LogP contribution in [0.4, 0.5) is 13.2 Å². The summed E-state index contributed by atoms with van der Waals surface area (Å²) in [5, 5.41) is 4.31. The average Bonchev–Trinajstić information content (AvgIpc) is 3.34. The molecule has 8 nitrogen and oxygen atoms in total. The molecule has 0 aliphatic heterocycles. The summed E-state index contributed by atoms with van der Waals surface area (Å²) in [5.41, 5.74) is -0.0580. The van der Waals surface area contributed by atoms with Gasteiger partial charge in [-0.2, -0.15) is 17.9 Å². The number of aromatic nitrogens is 3. The van der Waals surface area contributed by atoms with Crippen molar-refractivity contribution in [1.82, 2.24) is 19.1 Å². The van der Waals surface area contributed by atoms with Crippen LogP contribution in [0.5, 0.6) is 0 Å². The Kier molecular flexibility index (Phi) is 9.05. The summed E-state index contributed by atoms with van der Waals surface area (Å²) in [5.74, 6) is -0.429. The summed E-state index contributed by atoms with van der Waals surface area (Å²) in [4.78, 5) is 26.5. The molecule has 0 radical (unpaired) electrons. The number of aryl methyl sites for hydroxylation is 1.